The molecular formula is C9H16O2. The summed E-state index contributed by atoms with van der Waals surface area (Å²) in [6.07, 6.45) is 7.02. The van der Waals surface area contributed by atoms with Gasteiger partial charge in [0.25, 0.3) is 0 Å². The molecule has 1 rings (SSSR count). The van der Waals surface area contributed by atoms with Crippen LogP contribution < -0.4 is 0 Å². The lowest BCUT2D eigenvalue weighted by molar-refractivity contribution is 0.241. The number of aliphatic hydroxyl groups excluding tert-OH is 1. The van der Waals surface area contributed by atoms with Crippen LogP contribution in [0.4, 0.5) is 0 Å². The third kappa shape index (κ3) is 3.04. The van der Waals surface area contributed by atoms with Crippen LogP contribution in [-0.4, -0.2) is 23.9 Å². The van der Waals surface area contributed by atoms with E-state index >= 15 is 0 Å². The van der Waals surface area contributed by atoms with Gasteiger partial charge in [-0.2, -0.15) is 0 Å². The molecule has 2 nitrogen and oxygen atoms in total. The number of allylic oxidation sites excluding steroid dienone is 1. The van der Waals surface area contributed by atoms with Gasteiger partial charge in [0.1, 0.15) is 6.10 Å². The normalized spacial score (nSPS) is 28.5. The first kappa shape index (κ1) is 8.75. The minimum absolute atomic E-state index is 0.152. The number of aliphatic hydroxyl groups is 1. The van der Waals surface area contributed by atoms with Crippen molar-refractivity contribution in [2.24, 2.45) is 0 Å². The molecule has 0 bridgehead atoms. The molecule has 1 aliphatic rings. The fourth-order valence-electron chi connectivity index (χ4n) is 1.23. The molecule has 2 heteroatoms. The second kappa shape index (κ2) is 4.52. The summed E-state index contributed by atoms with van der Waals surface area (Å²) in [5.74, 6) is 0. The van der Waals surface area contributed by atoms with E-state index in [0.29, 0.717) is 6.10 Å². The van der Waals surface area contributed by atoms with Crippen LogP contribution in [-0.2, 0) is 4.74 Å². The van der Waals surface area contributed by atoms with E-state index < -0.39 is 0 Å². The van der Waals surface area contributed by atoms with Gasteiger partial charge in [-0.25, -0.2) is 0 Å². The zero-order valence-electron chi connectivity index (χ0n) is 6.83. The number of hydrogen-bond donors (Lipinski definition) is 1. The van der Waals surface area contributed by atoms with E-state index in [1.807, 2.05) is 6.08 Å². The molecule has 0 aromatic rings. The SMILES string of the molecule is C=CCCCC[C@H]1O[C@@H]1CO. The average Bonchev–Trinajstić information content (AvgIpc) is 2.77. The summed E-state index contributed by atoms with van der Waals surface area (Å²) < 4.78 is 5.17. The molecule has 0 saturated carbocycles. The van der Waals surface area contributed by atoms with Gasteiger partial charge in [-0.1, -0.05) is 12.5 Å². The molecule has 1 N–H and O–H groups in total. The molecule has 1 saturated heterocycles. The van der Waals surface area contributed by atoms with Crippen molar-refractivity contribution < 1.29 is 9.84 Å². The summed E-state index contributed by atoms with van der Waals surface area (Å²) in [5, 5.41) is 8.64. The molecule has 1 heterocycles. The largest absolute Gasteiger partial charge is 0.394 e. The highest BCUT2D eigenvalue weighted by atomic mass is 16.6. The van der Waals surface area contributed by atoms with Crippen molar-refractivity contribution in [3.63, 3.8) is 0 Å². The smallest absolute Gasteiger partial charge is 0.107 e. The number of rotatable bonds is 6. The Kier molecular flexibility index (Phi) is 3.60. The highest BCUT2D eigenvalue weighted by molar-refractivity contribution is 4.83. The summed E-state index contributed by atoms with van der Waals surface area (Å²) in [4.78, 5) is 0. The Morgan fingerprint density at radius 1 is 1.36 bits per heavy atom. The van der Waals surface area contributed by atoms with Crippen LogP contribution in [0.15, 0.2) is 12.7 Å². The number of epoxide rings is 1. The predicted molar refractivity (Wildman–Crippen MR) is 44.4 cm³/mol. The molecule has 0 unspecified atom stereocenters. The van der Waals surface area contributed by atoms with E-state index in [4.69, 9.17) is 9.84 Å². The first-order chi connectivity index (χ1) is 5.38. The molecule has 2 atom stereocenters. The van der Waals surface area contributed by atoms with Crippen LogP contribution in [0, 0.1) is 0 Å². The summed E-state index contributed by atoms with van der Waals surface area (Å²) in [5.41, 5.74) is 0. The van der Waals surface area contributed by atoms with E-state index in [0.717, 1.165) is 12.8 Å². The third-order valence-corrected chi connectivity index (χ3v) is 2.01. The fourth-order valence-corrected chi connectivity index (χ4v) is 1.23. The van der Waals surface area contributed by atoms with Crippen LogP contribution in [0.25, 0.3) is 0 Å². The highest BCUT2D eigenvalue weighted by Gasteiger charge is 2.36. The van der Waals surface area contributed by atoms with Crippen LogP contribution >= 0.6 is 0 Å². The van der Waals surface area contributed by atoms with Crippen LogP contribution in [0.2, 0.25) is 0 Å². The molecule has 64 valence electrons. The Morgan fingerprint density at radius 2 is 2.18 bits per heavy atom. The summed E-state index contributed by atoms with van der Waals surface area (Å²) in [7, 11) is 0. The number of ether oxygens (including phenoxy) is 1. The summed E-state index contributed by atoms with van der Waals surface area (Å²) >= 11 is 0. The Morgan fingerprint density at radius 3 is 2.73 bits per heavy atom. The minimum atomic E-state index is 0.152. The topological polar surface area (TPSA) is 32.8 Å². The lowest BCUT2D eigenvalue weighted by atomic mass is 10.1. The van der Waals surface area contributed by atoms with E-state index in [-0.39, 0.29) is 12.7 Å². The zero-order chi connectivity index (χ0) is 8.10. The fraction of sp³-hybridized carbons (Fsp3) is 0.778. The predicted octanol–water partition coefficient (Wildman–Crippen LogP) is 1.49. The quantitative estimate of drug-likeness (QED) is 0.359. The molecule has 0 amide bonds. The second-order valence-electron chi connectivity index (χ2n) is 2.97. The Labute approximate surface area is 67.9 Å². The minimum Gasteiger partial charge on any atom is -0.394 e. The maximum atomic E-state index is 8.64. The Hall–Kier alpha value is -0.340. The molecular weight excluding hydrogens is 140 g/mol. The van der Waals surface area contributed by atoms with Crippen LogP contribution in [0.5, 0.6) is 0 Å². The summed E-state index contributed by atoms with van der Waals surface area (Å²) in [6.45, 7) is 3.84. The van der Waals surface area contributed by atoms with Crippen molar-refractivity contribution in [2.45, 2.75) is 37.9 Å². The van der Waals surface area contributed by atoms with Gasteiger partial charge in [0.2, 0.25) is 0 Å². The zero-order valence-corrected chi connectivity index (χ0v) is 6.83. The van der Waals surface area contributed by atoms with Crippen molar-refractivity contribution in [3.05, 3.63) is 12.7 Å². The third-order valence-electron chi connectivity index (χ3n) is 2.01. The Bertz CT molecular complexity index is 123. The standard InChI is InChI=1S/C9H16O2/c1-2-3-4-5-6-8-9(7-10)11-8/h2,8-10H,1,3-7H2/t8-,9-/m1/s1. The molecule has 1 fully saturated rings. The molecule has 1 aliphatic heterocycles. The number of unbranched alkanes of at least 4 members (excludes halogenated alkanes) is 2. The van der Waals surface area contributed by atoms with Crippen LogP contribution in [0.1, 0.15) is 25.7 Å². The molecule has 0 aromatic heterocycles. The lowest BCUT2D eigenvalue weighted by Crippen LogP contribution is -1.98. The molecule has 0 radical (unpaired) electrons. The van der Waals surface area contributed by atoms with Gasteiger partial charge in [-0.15, -0.1) is 6.58 Å². The van der Waals surface area contributed by atoms with Gasteiger partial charge in [0, 0.05) is 0 Å². The highest BCUT2D eigenvalue weighted by Crippen LogP contribution is 2.26. The van der Waals surface area contributed by atoms with Gasteiger partial charge in [-0.3, -0.25) is 0 Å². The lowest BCUT2D eigenvalue weighted by Gasteiger charge is -1.93. The van der Waals surface area contributed by atoms with Crippen molar-refractivity contribution in [1.82, 2.24) is 0 Å². The van der Waals surface area contributed by atoms with Gasteiger partial charge in [-0.05, 0) is 19.3 Å². The molecule has 0 aliphatic carbocycles. The van der Waals surface area contributed by atoms with Gasteiger partial charge < -0.3 is 9.84 Å². The first-order valence-corrected chi connectivity index (χ1v) is 4.25. The summed E-state index contributed by atoms with van der Waals surface area (Å²) in [6, 6.07) is 0. The van der Waals surface area contributed by atoms with Crippen molar-refractivity contribution in [1.29, 1.82) is 0 Å². The van der Waals surface area contributed by atoms with E-state index in [9.17, 15) is 0 Å². The van der Waals surface area contributed by atoms with Crippen LogP contribution in [0.3, 0.4) is 0 Å². The van der Waals surface area contributed by atoms with Gasteiger partial charge in [0.15, 0.2) is 0 Å². The monoisotopic (exact) mass is 156 g/mol. The van der Waals surface area contributed by atoms with Gasteiger partial charge >= 0.3 is 0 Å². The van der Waals surface area contributed by atoms with E-state index in [1.54, 1.807) is 0 Å². The van der Waals surface area contributed by atoms with Crippen molar-refractivity contribution in [2.75, 3.05) is 6.61 Å². The van der Waals surface area contributed by atoms with Gasteiger partial charge in [0.05, 0.1) is 12.7 Å². The number of hydrogen-bond acceptors (Lipinski definition) is 2. The maximum Gasteiger partial charge on any atom is 0.107 e. The molecule has 0 spiro atoms. The van der Waals surface area contributed by atoms with E-state index in [1.165, 1.54) is 12.8 Å². The van der Waals surface area contributed by atoms with Crippen molar-refractivity contribution >= 4 is 0 Å². The Balaban J connectivity index is 1.85. The maximum absolute atomic E-state index is 8.64. The molecule has 11 heavy (non-hydrogen) atoms. The first-order valence-electron chi connectivity index (χ1n) is 4.25. The van der Waals surface area contributed by atoms with Crippen molar-refractivity contribution in [3.8, 4) is 0 Å². The average molecular weight is 156 g/mol. The van der Waals surface area contributed by atoms with E-state index in [2.05, 4.69) is 6.58 Å². The molecule has 0 aromatic carbocycles. The second-order valence-corrected chi connectivity index (χ2v) is 2.97.